The van der Waals surface area contributed by atoms with E-state index in [1.54, 1.807) is 48.7 Å². The molecule has 5 nitrogen and oxygen atoms in total. The van der Waals surface area contributed by atoms with Crippen LogP contribution in [0.25, 0.3) is 0 Å². The summed E-state index contributed by atoms with van der Waals surface area (Å²) >= 11 is 11.8. The highest BCUT2D eigenvalue weighted by Gasteiger charge is 2.15. The number of aryl methyl sites for hydroxylation is 1. The fourth-order valence-corrected chi connectivity index (χ4v) is 4.57. The molecule has 0 aliphatic rings. The number of nitrogens with one attached hydrogen (secondary N) is 1. The Kier molecular flexibility index (Phi) is 8.56. The Morgan fingerprint density at radius 2 is 1.53 bits per heavy atom. The van der Waals surface area contributed by atoms with Crippen LogP contribution in [0.4, 0.5) is 17.1 Å². The van der Waals surface area contributed by atoms with Crippen LogP contribution < -0.4 is 9.62 Å². The van der Waals surface area contributed by atoms with Gasteiger partial charge in [-0.3, -0.25) is 9.71 Å². The number of benzene rings is 3. The molecule has 0 aliphatic heterocycles. The molecule has 0 heterocycles. The maximum Gasteiger partial charge on any atom is 0.261 e. The monoisotopic (exact) mass is 489 g/mol. The lowest BCUT2D eigenvalue weighted by atomic mass is 10.2. The van der Waals surface area contributed by atoms with Crippen molar-refractivity contribution >= 4 is 56.5 Å². The van der Waals surface area contributed by atoms with Crippen molar-refractivity contribution in [2.45, 2.75) is 11.8 Å². The zero-order valence-electron chi connectivity index (χ0n) is 17.7. The summed E-state index contributed by atoms with van der Waals surface area (Å²) in [4.78, 5) is 6.83. The number of hydrogen-bond acceptors (Lipinski definition) is 4. The minimum atomic E-state index is -3.71. The van der Waals surface area contributed by atoms with Gasteiger partial charge in [-0.1, -0.05) is 42.0 Å². The molecular formula is C24H25Cl2N3O2S. The van der Waals surface area contributed by atoms with E-state index in [1.165, 1.54) is 0 Å². The largest absolute Gasteiger partial charge is 0.369 e. The molecule has 0 spiro atoms. The zero-order valence-corrected chi connectivity index (χ0v) is 20.0. The van der Waals surface area contributed by atoms with E-state index in [-0.39, 0.29) is 4.90 Å². The molecule has 0 aromatic heterocycles. The van der Waals surface area contributed by atoms with Gasteiger partial charge in [0.25, 0.3) is 10.0 Å². The molecule has 0 fully saturated rings. The molecular weight excluding hydrogens is 465 g/mol. The molecule has 0 amide bonds. The fourth-order valence-electron chi connectivity index (χ4n) is 3.08. The average molecular weight is 490 g/mol. The summed E-state index contributed by atoms with van der Waals surface area (Å²) in [5.74, 6) is 1.05. The Balaban J connectivity index is 1.78. The Morgan fingerprint density at radius 3 is 2.16 bits per heavy atom. The van der Waals surface area contributed by atoms with Crippen LogP contribution in [0.15, 0.2) is 82.7 Å². The van der Waals surface area contributed by atoms with E-state index < -0.39 is 10.0 Å². The fraction of sp³-hybridized carbons (Fsp3) is 0.208. The van der Waals surface area contributed by atoms with E-state index >= 15 is 0 Å². The lowest BCUT2D eigenvalue weighted by Gasteiger charge is -2.22. The van der Waals surface area contributed by atoms with Gasteiger partial charge in [-0.05, 0) is 48.9 Å². The smallest absolute Gasteiger partial charge is 0.261 e. The summed E-state index contributed by atoms with van der Waals surface area (Å²) in [6.07, 6.45) is 1.70. The maximum atomic E-state index is 12.8. The van der Waals surface area contributed by atoms with Crippen molar-refractivity contribution in [3.05, 3.63) is 83.9 Å². The van der Waals surface area contributed by atoms with Crippen molar-refractivity contribution in [2.75, 3.05) is 34.5 Å². The number of anilines is 2. The van der Waals surface area contributed by atoms with Gasteiger partial charge in [0.1, 0.15) is 0 Å². The highest BCUT2D eigenvalue weighted by atomic mass is 35.5. The molecule has 0 radical (unpaired) electrons. The van der Waals surface area contributed by atoms with Crippen molar-refractivity contribution in [3.8, 4) is 0 Å². The Labute approximate surface area is 199 Å². The second kappa shape index (κ2) is 11.4. The first-order valence-corrected chi connectivity index (χ1v) is 12.7. The third-order valence-corrected chi connectivity index (χ3v) is 6.52. The van der Waals surface area contributed by atoms with Crippen molar-refractivity contribution in [1.82, 2.24) is 0 Å². The molecule has 0 saturated carbocycles. The van der Waals surface area contributed by atoms with Gasteiger partial charge in [-0.15, -0.1) is 23.2 Å². The van der Waals surface area contributed by atoms with Gasteiger partial charge in [0.05, 0.1) is 16.3 Å². The van der Waals surface area contributed by atoms with Gasteiger partial charge in [0, 0.05) is 36.8 Å². The van der Waals surface area contributed by atoms with Crippen molar-refractivity contribution in [2.24, 2.45) is 4.99 Å². The van der Waals surface area contributed by atoms with Gasteiger partial charge in [0.2, 0.25) is 0 Å². The predicted octanol–water partition coefficient (Wildman–Crippen LogP) is 5.83. The van der Waals surface area contributed by atoms with E-state index in [0.717, 1.165) is 29.9 Å². The second-order valence-corrected chi connectivity index (χ2v) is 9.59. The number of hydrogen-bond donors (Lipinski definition) is 1. The molecule has 0 atom stereocenters. The predicted molar refractivity (Wildman–Crippen MR) is 136 cm³/mol. The van der Waals surface area contributed by atoms with Gasteiger partial charge in [0.15, 0.2) is 0 Å². The van der Waals surface area contributed by atoms with Crippen LogP contribution in [0.3, 0.4) is 0 Å². The third kappa shape index (κ3) is 6.48. The lowest BCUT2D eigenvalue weighted by Crippen LogP contribution is -2.27. The Hall–Kier alpha value is -2.54. The van der Waals surface area contributed by atoms with Crippen LogP contribution in [0.2, 0.25) is 0 Å². The summed E-state index contributed by atoms with van der Waals surface area (Å²) in [5.41, 5.74) is 3.86. The molecule has 168 valence electrons. The summed E-state index contributed by atoms with van der Waals surface area (Å²) in [6.45, 7) is 3.35. The van der Waals surface area contributed by atoms with Crippen LogP contribution in [-0.2, 0) is 10.0 Å². The zero-order chi connectivity index (χ0) is 23.0. The Morgan fingerprint density at radius 1 is 0.906 bits per heavy atom. The second-order valence-electron chi connectivity index (χ2n) is 7.15. The number of sulfonamides is 1. The van der Waals surface area contributed by atoms with Crippen molar-refractivity contribution in [3.63, 3.8) is 0 Å². The van der Waals surface area contributed by atoms with E-state index in [0.29, 0.717) is 23.1 Å². The highest BCUT2D eigenvalue weighted by molar-refractivity contribution is 7.92. The van der Waals surface area contributed by atoms with Gasteiger partial charge in [-0.25, -0.2) is 8.42 Å². The van der Waals surface area contributed by atoms with Crippen LogP contribution in [-0.4, -0.2) is 39.5 Å². The van der Waals surface area contributed by atoms with Gasteiger partial charge >= 0.3 is 0 Å². The van der Waals surface area contributed by atoms with Crippen molar-refractivity contribution in [1.29, 1.82) is 0 Å². The van der Waals surface area contributed by atoms with Crippen LogP contribution in [0.5, 0.6) is 0 Å². The minimum Gasteiger partial charge on any atom is -0.369 e. The highest BCUT2D eigenvalue weighted by Crippen LogP contribution is 2.27. The molecule has 0 saturated heterocycles. The minimum absolute atomic E-state index is 0.205. The molecule has 0 aliphatic carbocycles. The molecule has 3 aromatic carbocycles. The number of para-hydroxylation sites is 2. The first-order chi connectivity index (χ1) is 15.4. The van der Waals surface area contributed by atoms with Gasteiger partial charge in [-0.2, -0.15) is 0 Å². The lowest BCUT2D eigenvalue weighted by molar-refractivity contribution is 0.601. The quantitative estimate of drug-likeness (QED) is 0.287. The maximum absolute atomic E-state index is 12.8. The molecule has 8 heteroatoms. The number of rotatable bonds is 10. The summed E-state index contributed by atoms with van der Waals surface area (Å²) in [5, 5.41) is 0. The number of halogens is 2. The number of aliphatic imine (C=N–C) groups is 1. The molecule has 3 rings (SSSR count). The SMILES string of the molecule is Cc1ccc(S(=O)(=O)Nc2ccccc2N=Cc2ccc(N(CCCl)CCCl)cc2)cc1. The van der Waals surface area contributed by atoms with E-state index in [1.807, 2.05) is 37.3 Å². The number of alkyl halides is 2. The molecule has 1 N–H and O–H groups in total. The van der Waals surface area contributed by atoms with E-state index in [4.69, 9.17) is 23.2 Å². The molecule has 32 heavy (non-hydrogen) atoms. The van der Waals surface area contributed by atoms with E-state index in [9.17, 15) is 8.42 Å². The first kappa shape index (κ1) is 24.1. The van der Waals surface area contributed by atoms with Crippen LogP contribution >= 0.6 is 23.2 Å². The average Bonchev–Trinajstić information content (AvgIpc) is 2.79. The van der Waals surface area contributed by atoms with E-state index in [2.05, 4.69) is 14.6 Å². The normalized spacial score (nSPS) is 11.6. The van der Waals surface area contributed by atoms with Crippen LogP contribution in [0, 0.1) is 6.92 Å². The standard InChI is InChI=1S/C24H25Cl2N3O2S/c1-19-6-12-22(13-7-19)32(30,31)28-24-5-3-2-4-23(24)27-18-20-8-10-21(11-9-20)29(16-14-25)17-15-26/h2-13,18,28H,14-17H2,1H3. The topological polar surface area (TPSA) is 61.8 Å². The first-order valence-electron chi connectivity index (χ1n) is 10.1. The van der Waals surface area contributed by atoms with Crippen molar-refractivity contribution < 1.29 is 8.42 Å². The third-order valence-electron chi connectivity index (χ3n) is 4.80. The summed E-state index contributed by atoms with van der Waals surface area (Å²) in [7, 11) is -3.71. The molecule has 0 bridgehead atoms. The van der Waals surface area contributed by atoms with Crippen LogP contribution in [0.1, 0.15) is 11.1 Å². The molecule has 0 unspecified atom stereocenters. The summed E-state index contributed by atoms with van der Waals surface area (Å²) < 4.78 is 28.2. The summed E-state index contributed by atoms with van der Waals surface area (Å²) in [6, 6.07) is 21.6. The van der Waals surface area contributed by atoms with Gasteiger partial charge < -0.3 is 4.90 Å². The molecule has 3 aromatic rings. The number of nitrogens with zero attached hydrogens (tertiary/aromatic N) is 2. The Bertz CT molecular complexity index is 1140.